The number of hydrogen-bond donors (Lipinski definition) is 4. The summed E-state index contributed by atoms with van der Waals surface area (Å²) in [5, 5.41) is 11.2. The van der Waals surface area contributed by atoms with Gasteiger partial charge in [0.15, 0.2) is 0 Å². The van der Waals surface area contributed by atoms with Crippen LogP contribution in [0.25, 0.3) is 0 Å². The summed E-state index contributed by atoms with van der Waals surface area (Å²) in [7, 11) is 6.27. The molecule has 4 amide bonds. The van der Waals surface area contributed by atoms with Crippen molar-refractivity contribution in [3.05, 3.63) is 59.2 Å². The van der Waals surface area contributed by atoms with E-state index in [1.165, 1.54) is 0 Å². The Morgan fingerprint density at radius 1 is 0.472 bits per heavy atom. The number of hydrogen-bond acceptors (Lipinski definition) is 10. The first kappa shape index (κ1) is 28.2. The molecule has 0 saturated heterocycles. The molecule has 14 heteroatoms. The fourth-order valence-corrected chi connectivity index (χ4v) is 6.43. The highest BCUT2D eigenvalue weighted by molar-refractivity contribution is 8.77. The molecule has 4 bridgehead atoms. The van der Waals surface area contributed by atoms with E-state index < -0.39 is 0 Å². The van der Waals surface area contributed by atoms with Crippen molar-refractivity contribution < 1.29 is 19.2 Å². The summed E-state index contributed by atoms with van der Waals surface area (Å²) in [6.07, 6.45) is 0. The van der Waals surface area contributed by atoms with Crippen LogP contribution in [0.5, 0.6) is 0 Å². The van der Waals surface area contributed by atoms with Crippen molar-refractivity contribution in [3.8, 4) is 0 Å². The van der Waals surface area contributed by atoms with E-state index in [1.807, 2.05) is 0 Å². The van der Waals surface area contributed by atoms with E-state index in [2.05, 4.69) is 31.2 Å². The molecule has 36 heavy (non-hydrogen) atoms. The highest BCUT2D eigenvalue weighted by Gasteiger charge is 2.13. The number of nitrogens with zero attached hydrogens (tertiary/aromatic N) is 2. The van der Waals surface area contributed by atoms with Crippen molar-refractivity contribution >= 4 is 66.8 Å². The normalized spacial score (nSPS) is 17.8. The van der Waals surface area contributed by atoms with Gasteiger partial charge in [-0.1, -0.05) is 55.3 Å². The van der Waals surface area contributed by atoms with E-state index in [9.17, 15) is 19.2 Å². The molecule has 3 heterocycles. The topological polar surface area (TPSA) is 142 Å². The second kappa shape index (κ2) is 15.6. The monoisotopic (exact) mass is 566 g/mol. The van der Waals surface area contributed by atoms with Crippen LogP contribution < -0.4 is 21.3 Å². The number of aromatic nitrogens is 2. The minimum atomic E-state index is -0.335. The Kier molecular flexibility index (Phi) is 12.2. The summed E-state index contributed by atoms with van der Waals surface area (Å²) < 4.78 is 0. The van der Waals surface area contributed by atoms with Gasteiger partial charge >= 0.3 is 0 Å². The van der Waals surface area contributed by atoms with Crippen LogP contribution in [0.15, 0.2) is 36.4 Å². The lowest BCUT2D eigenvalue weighted by Crippen LogP contribution is -2.30. The molecule has 0 aromatic carbocycles. The van der Waals surface area contributed by atoms with Gasteiger partial charge in [0.2, 0.25) is 0 Å². The first-order valence-electron chi connectivity index (χ1n) is 11.1. The van der Waals surface area contributed by atoms with E-state index >= 15 is 0 Å². The van der Waals surface area contributed by atoms with Crippen LogP contribution in [0.4, 0.5) is 0 Å². The summed E-state index contributed by atoms with van der Waals surface area (Å²) >= 11 is 0. The van der Waals surface area contributed by atoms with Crippen LogP contribution in [0.3, 0.4) is 0 Å². The van der Waals surface area contributed by atoms with Gasteiger partial charge in [-0.2, -0.15) is 0 Å². The molecular formula is C22H26N6O4S4. The SMILES string of the molecule is O=C1NCCSSCCNC(=O)c2cccc(n2)C(=O)NCCSSCCNC(=O)c2cccc1n2. The van der Waals surface area contributed by atoms with Gasteiger partial charge in [0, 0.05) is 49.2 Å². The number of carbonyl (C=O) groups excluding carboxylic acids is 4. The predicted octanol–water partition coefficient (Wildman–Crippen LogP) is 1.87. The van der Waals surface area contributed by atoms with E-state index in [1.54, 1.807) is 79.6 Å². The van der Waals surface area contributed by atoms with Gasteiger partial charge in [-0.15, -0.1) is 0 Å². The third-order valence-corrected chi connectivity index (χ3v) is 9.30. The molecule has 10 nitrogen and oxygen atoms in total. The minimum Gasteiger partial charge on any atom is -0.350 e. The molecule has 0 radical (unpaired) electrons. The lowest BCUT2D eigenvalue weighted by molar-refractivity contribution is 0.0931. The van der Waals surface area contributed by atoms with E-state index in [0.29, 0.717) is 49.2 Å². The van der Waals surface area contributed by atoms with E-state index in [4.69, 9.17) is 0 Å². The summed E-state index contributed by atoms with van der Waals surface area (Å²) in [5.74, 6) is 1.32. The molecule has 3 rings (SSSR count). The predicted molar refractivity (Wildman–Crippen MR) is 148 cm³/mol. The summed E-state index contributed by atoms with van der Waals surface area (Å²) in [4.78, 5) is 57.8. The Labute approximate surface area is 224 Å². The Morgan fingerprint density at radius 2 is 0.722 bits per heavy atom. The average Bonchev–Trinajstić information content (AvgIpc) is 2.90. The zero-order chi connectivity index (χ0) is 25.6. The quantitative estimate of drug-likeness (QED) is 0.349. The van der Waals surface area contributed by atoms with Gasteiger partial charge in [0.05, 0.1) is 0 Å². The van der Waals surface area contributed by atoms with Crippen molar-refractivity contribution in [2.24, 2.45) is 0 Å². The molecule has 0 aliphatic carbocycles. The average molecular weight is 567 g/mol. The maximum atomic E-state index is 12.4. The van der Waals surface area contributed by atoms with Crippen molar-refractivity contribution in [1.82, 2.24) is 31.2 Å². The maximum Gasteiger partial charge on any atom is 0.269 e. The Balaban J connectivity index is 1.56. The first-order chi connectivity index (χ1) is 17.5. The smallest absolute Gasteiger partial charge is 0.269 e. The lowest BCUT2D eigenvalue weighted by Gasteiger charge is -2.09. The zero-order valence-corrected chi connectivity index (χ0v) is 22.5. The van der Waals surface area contributed by atoms with Gasteiger partial charge in [-0.05, 0) is 24.3 Å². The largest absolute Gasteiger partial charge is 0.350 e. The zero-order valence-electron chi connectivity index (χ0n) is 19.3. The molecule has 1 aliphatic rings. The van der Waals surface area contributed by atoms with E-state index in [-0.39, 0.29) is 46.4 Å². The van der Waals surface area contributed by atoms with Crippen molar-refractivity contribution in [2.75, 3.05) is 49.2 Å². The van der Waals surface area contributed by atoms with Gasteiger partial charge in [0.1, 0.15) is 22.8 Å². The maximum absolute atomic E-state index is 12.4. The van der Waals surface area contributed by atoms with Crippen molar-refractivity contribution in [2.45, 2.75) is 0 Å². The van der Waals surface area contributed by atoms with Crippen LogP contribution in [0.1, 0.15) is 42.0 Å². The summed E-state index contributed by atoms with van der Waals surface area (Å²) in [6.45, 7) is 1.76. The van der Waals surface area contributed by atoms with Crippen LogP contribution in [-0.2, 0) is 0 Å². The third kappa shape index (κ3) is 9.56. The molecule has 4 N–H and O–H groups in total. The third-order valence-electron chi connectivity index (χ3n) is 4.48. The van der Waals surface area contributed by atoms with Crippen LogP contribution in [0, 0.1) is 0 Å². The molecule has 1 aliphatic heterocycles. The second-order valence-electron chi connectivity index (χ2n) is 7.13. The number of carbonyl (C=O) groups is 4. The number of rotatable bonds is 0. The first-order valence-corrected chi connectivity index (χ1v) is 16.1. The number of nitrogens with one attached hydrogen (secondary N) is 4. The fraction of sp³-hybridized carbons (Fsp3) is 0.364. The van der Waals surface area contributed by atoms with Crippen LogP contribution in [0.2, 0.25) is 0 Å². The van der Waals surface area contributed by atoms with Crippen LogP contribution in [-0.4, -0.2) is 82.8 Å². The summed E-state index contributed by atoms with van der Waals surface area (Å²) in [5.41, 5.74) is 0.756. The van der Waals surface area contributed by atoms with Gasteiger partial charge in [-0.25, -0.2) is 9.97 Å². The number of amides is 4. The van der Waals surface area contributed by atoms with Crippen LogP contribution >= 0.6 is 43.2 Å². The van der Waals surface area contributed by atoms with Crippen molar-refractivity contribution in [3.63, 3.8) is 0 Å². The molecule has 192 valence electrons. The molecule has 0 atom stereocenters. The molecule has 0 saturated carbocycles. The Morgan fingerprint density at radius 3 is 0.972 bits per heavy atom. The molecule has 0 unspecified atom stereocenters. The Hall–Kier alpha value is -2.42. The van der Waals surface area contributed by atoms with Gasteiger partial charge in [0.25, 0.3) is 23.6 Å². The molecule has 0 fully saturated rings. The molecule has 2 aromatic heterocycles. The summed E-state index contributed by atoms with van der Waals surface area (Å²) in [6, 6.07) is 9.55. The minimum absolute atomic E-state index is 0.189. The number of pyridine rings is 2. The lowest BCUT2D eigenvalue weighted by atomic mass is 10.2. The highest BCUT2D eigenvalue weighted by atomic mass is 33.1. The molecular weight excluding hydrogens is 541 g/mol. The standard InChI is InChI=1S/C22H26N6O4S4/c29-19-15-3-1-4-16(27-15)20(30)24-8-12-34-36-14-10-26-22(32)18-6-2-5-17(28-18)21(31)25-9-13-35-33-11-7-23-19/h1-6H,7-14H2,(H,23,29)(H,24,30)(H,25,31)(H,26,32). The second-order valence-corrected chi connectivity index (χ2v) is 12.5. The Bertz CT molecular complexity index is 916. The molecule has 2 aromatic rings. The fourth-order valence-electron chi connectivity index (χ4n) is 2.80. The van der Waals surface area contributed by atoms with Gasteiger partial charge in [-0.3, -0.25) is 19.2 Å². The van der Waals surface area contributed by atoms with E-state index in [0.717, 1.165) is 0 Å². The highest BCUT2D eigenvalue weighted by Crippen LogP contribution is 2.20. The van der Waals surface area contributed by atoms with Gasteiger partial charge < -0.3 is 21.3 Å². The number of fused-ring (bicyclic) bond motifs is 4. The molecule has 0 spiro atoms. The van der Waals surface area contributed by atoms with Crippen molar-refractivity contribution in [1.29, 1.82) is 0 Å².